The van der Waals surface area contributed by atoms with Gasteiger partial charge in [0.25, 0.3) is 0 Å². The summed E-state index contributed by atoms with van der Waals surface area (Å²) in [5.74, 6) is 1.40. The van der Waals surface area contributed by atoms with Crippen molar-refractivity contribution < 1.29 is 19.0 Å². The molecule has 5 nitrogen and oxygen atoms in total. The molecular formula is C12H19NO4. The van der Waals surface area contributed by atoms with Gasteiger partial charge < -0.3 is 19.0 Å². The highest BCUT2D eigenvalue weighted by Gasteiger charge is 2.14. The standard InChI is InChI=1S/C12H19NO4/c1-14-8-9-5-6-11(15-2)12(16-3)10(9)7-13-17-4/h5-6,13H,7-8H2,1-4H3. The summed E-state index contributed by atoms with van der Waals surface area (Å²) in [6.45, 7) is 1.04. The van der Waals surface area contributed by atoms with Crippen molar-refractivity contribution in [2.45, 2.75) is 13.2 Å². The van der Waals surface area contributed by atoms with Gasteiger partial charge in [0.2, 0.25) is 0 Å². The Bertz CT molecular complexity index is 355. The minimum atomic E-state index is 0.515. The van der Waals surface area contributed by atoms with E-state index < -0.39 is 0 Å². The van der Waals surface area contributed by atoms with Crippen LogP contribution < -0.4 is 15.0 Å². The molecule has 1 aromatic rings. The molecule has 0 spiro atoms. The Morgan fingerprint density at radius 1 is 1.06 bits per heavy atom. The molecule has 0 unspecified atom stereocenters. The van der Waals surface area contributed by atoms with Gasteiger partial charge in [0.1, 0.15) is 0 Å². The molecule has 0 radical (unpaired) electrons. The molecule has 0 saturated carbocycles. The third kappa shape index (κ3) is 3.33. The van der Waals surface area contributed by atoms with Crippen molar-refractivity contribution in [2.24, 2.45) is 0 Å². The lowest BCUT2D eigenvalue weighted by Crippen LogP contribution is -2.14. The molecule has 17 heavy (non-hydrogen) atoms. The van der Waals surface area contributed by atoms with Gasteiger partial charge >= 0.3 is 0 Å². The van der Waals surface area contributed by atoms with E-state index in [4.69, 9.17) is 19.0 Å². The molecule has 0 atom stereocenters. The van der Waals surface area contributed by atoms with E-state index in [1.807, 2.05) is 12.1 Å². The first kappa shape index (κ1) is 13.8. The number of ether oxygens (including phenoxy) is 3. The normalized spacial score (nSPS) is 10.4. The zero-order valence-electron chi connectivity index (χ0n) is 10.7. The maximum atomic E-state index is 5.38. The Morgan fingerprint density at radius 3 is 2.35 bits per heavy atom. The van der Waals surface area contributed by atoms with Gasteiger partial charge in [-0.3, -0.25) is 0 Å². The fraction of sp³-hybridized carbons (Fsp3) is 0.500. The molecule has 5 heteroatoms. The second kappa shape index (κ2) is 7.11. The topological polar surface area (TPSA) is 49.0 Å². The first-order valence-electron chi connectivity index (χ1n) is 5.26. The maximum absolute atomic E-state index is 5.38. The molecule has 0 aliphatic heterocycles. The molecule has 96 valence electrons. The van der Waals surface area contributed by atoms with Crippen LogP contribution in [0.2, 0.25) is 0 Å². The van der Waals surface area contributed by atoms with Crippen LogP contribution in [-0.2, 0) is 22.7 Å². The van der Waals surface area contributed by atoms with E-state index in [2.05, 4.69) is 5.48 Å². The highest BCUT2D eigenvalue weighted by Crippen LogP contribution is 2.33. The second-order valence-corrected chi connectivity index (χ2v) is 3.40. The minimum absolute atomic E-state index is 0.515. The Morgan fingerprint density at radius 2 is 1.82 bits per heavy atom. The van der Waals surface area contributed by atoms with E-state index in [1.165, 1.54) is 0 Å². The van der Waals surface area contributed by atoms with Crippen molar-refractivity contribution in [3.63, 3.8) is 0 Å². The molecule has 0 fully saturated rings. The third-order valence-electron chi connectivity index (χ3n) is 2.44. The van der Waals surface area contributed by atoms with E-state index in [0.29, 0.717) is 24.7 Å². The van der Waals surface area contributed by atoms with Crippen molar-refractivity contribution >= 4 is 0 Å². The predicted octanol–water partition coefficient (Wildman–Crippen LogP) is 1.50. The van der Waals surface area contributed by atoms with Crippen molar-refractivity contribution in [3.05, 3.63) is 23.3 Å². The van der Waals surface area contributed by atoms with Gasteiger partial charge in [0.15, 0.2) is 11.5 Å². The fourth-order valence-electron chi connectivity index (χ4n) is 1.66. The van der Waals surface area contributed by atoms with Crippen molar-refractivity contribution in [3.8, 4) is 11.5 Å². The number of hydroxylamine groups is 1. The summed E-state index contributed by atoms with van der Waals surface area (Å²) in [6.07, 6.45) is 0. The lowest BCUT2D eigenvalue weighted by atomic mass is 10.1. The molecular weight excluding hydrogens is 222 g/mol. The summed E-state index contributed by atoms with van der Waals surface area (Å²) < 4.78 is 15.8. The molecule has 0 aromatic heterocycles. The maximum Gasteiger partial charge on any atom is 0.165 e. The number of hydrogen-bond acceptors (Lipinski definition) is 5. The summed E-state index contributed by atoms with van der Waals surface area (Å²) in [5.41, 5.74) is 4.80. The zero-order valence-corrected chi connectivity index (χ0v) is 10.7. The quantitative estimate of drug-likeness (QED) is 0.733. The summed E-state index contributed by atoms with van der Waals surface area (Å²) in [4.78, 5) is 4.86. The molecule has 0 heterocycles. The summed E-state index contributed by atoms with van der Waals surface area (Å²) in [5, 5.41) is 0. The SMILES string of the molecule is COCc1ccc(OC)c(OC)c1CNOC. The van der Waals surface area contributed by atoms with Crippen LogP contribution in [-0.4, -0.2) is 28.4 Å². The molecule has 0 saturated heterocycles. The Labute approximate surface area is 102 Å². The minimum Gasteiger partial charge on any atom is -0.493 e. The highest BCUT2D eigenvalue weighted by atomic mass is 16.6. The van der Waals surface area contributed by atoms with Crippen LogP contribution in [0.25, 0.3) is 0 Å². The Balaban J connectivity index is 3.13. The van der Waals surface area contributed by atoms with Crippen LogP contribution >= 0.6 is 0 Å². The summed E-state index contributed by atoms with van der Waals surface area (Å²) in [6, 6.07) is 3.82. The second-order valence-electron chi connectivity index (χ2n) is 3.40. The largest absolute Gasteiger partial charge is 0.493 e. The Hall–Kier alpha value is -1.30. The van der Waals surface area contributed by atoms with E-state index in [9.17, 15) is 0 Å². The monoisotopic (exact) mass is 241 g/mol. The van der Waals surface area contributed by atoms with Crippen LogP contribution in [0.4, 0.5) is 0 Å². The van der Waals surface area contributed by atoms with Gasteiger partial charge in [-0.15, -0.1) is 0 Å². The van der Waals surface area contributed by atoms with Crippen LogP contribution in [0.5, 0.6) is 11.5 Å². The number of methoxy groups -OCH3 is 3. The molecule has 1 aromatic carbocycles. The molecule has 1 N–H and O–H groups in total. The first-order valence-corrected chi connectivity index (χ1v) is 5.26. The lowest BCUT2D eigenvalue weighted by molar-refractivity contribution is 0.0851. The van der Waals surface area contributed by atoms with E-state index in [0.717, 1.165) is 11.1 Å². The van der Waals surface area contributed by atoms with Crippen molar-refractivity contribution in [2.75, 3.05) is 28.4 Å². The fourth-order valence-corrected chi connectivity index (χ4v) is 1.66. The smallest absolute Gasteiger partial charge is 0.165 e. The van der Waals surface area contributed by atoms with Gasteiger partial charge in [0, 0.05) is 12.7 Å². The van der Waals surface area contributed by atoms with Crippen LogP contribution in [0.15, 0.2) is 12.1 Å². The summed E-state index contributed by atoms with van der Waals surface area (Å²) >= 11 is 0. The predicted molar refractivity (Wildman–Crippen MR) is 64.1 cm³/mol. The molecule has 0 bridgehead atoms. The van der Waals surface area contributed by atoms with Crippen LogP contribution in [0.3, 0.4) is 0 Å². The average Bonchev–Trinajstić information content (AvgIpc) is 2.36. The lowest BCUT2D eigenvalue weighted by Gasteiger charge is -2.16. The van der Waals surface area contributed by atoms with Crippen molar-refractivity contribution in [1.82, 2.24) is 5.48 Å². The van der Waals surface area contributed by atoms with Gasteiger partial charge in [-0.25, -0.2) is 0 Å². The Kier molecular flexibility index (Phi) is 5.76. The van der Waals surface area contributed by atoms with E-state index >= 15 is 0 Å². The van der Waals surface area contributed by atoms with Crippen LogP contribution in [0, 0.1) is 0 Å². The van der Waals surface area contributed by atoms with E-state index in [-0.39, 0.29) is 0 Å². The molecule has 0 aliphatic rings. The van der Waals surface area contributed by atoms with Gasteiger partial charge in [-0.1, -0.05) is 6.07 Å². The summed E-state index contributed by atoms with van der Waals surface area (Å²) in [7, 11) is 6.46. The first-order chi connectivity index (χ1) is 8.28. The van der Waals surface area contributed by atoms with E-state index in [1.54, 1.807) is 28.4 Å². The number of hydrogen-bond donors (Lipinski definition) is 1. The molecule has 0 amide bonds. The number of nitrogens with one attached hydrogen (secondary N) is 1. The van der Waals surface area contributed by atoms with Gasteiger partial charge in [-0.05, 0) is 11.6 Å². The van der Waals surface area contributed by atoms with Crippen molar-refractivity contribution in [1.29, 1.82) is 0 Å². The van der Waals surface area contributed by atoms with Gasteiger partial charge in [-0.2, -0.15) is 5.48 Å². The third-order valence-corrected chi connectivity index (χ3v) is 2.44. The number of benzene rings is 1. The van der Waals surface area contributed by atoms with Gasteiger partial charge in [0.05, 0.1) is 34.5 Å². The highest BCUT2D eigenvalue weighted by molar-refractivity contribution is 5.50. The zero-order chi connectivity index (χ0) is 12.7. The van der Waals surface area contributed by atoms with Crippen LogP contribution in [0.1, 0.15) is 11.1 Å². The average molecular weight is 241 g/mol. The number of rotatable bonds is 7. The molecule has 1 rings (SSSR count). The molecule has 0 aliphatic carbocycles.